The topological polar surface area (TPSA) is 113 Å². The van der Waals surface area contributed by atoms with E-state index in [1.54, 1.807) is 12.3 Å². The van der Waals surface area contributed by atoms with Crippen LogP contribution in [0.15, 0.2) is 24.7 Å². The van der Waals surface area contributed by atoms with Crippen molar-refractivity contribution in [2.24, 2.45) is 5.92 Å². The summed E-state index contributed by atoms with van der Waals surface area (Å²) in [4.78, 5) is 15.7. The van der Waals surface area contributed by atoms with Gasteiger partial charge in [0.15, 0.2) is 17.5 Å². The highest BCUT2D eigenvalue weighted by molar-refractivity contribution is 7.88. The van der Waals surface area contributed by atoms with Crippen LogP contribution in [0.4, 0.5) is 10.2 Å². The summed E-state index contributed by atoms with van der Waals surface area (Å²) < 4.78 is 40.4. The van der Waals surface area contributed by atoms with Gasteiger partial charge in [0.05, 0.1) is 17.5 Å². The zero-order chi connectivity index (χ0) is 21.3. The lowest BCUT2D eigenvalue weighted by Crippen LogP contribution is -2.44. The number of nitrogens with zero attached hydrogens (tertiary/aromatic N) is 3. The molecule has 3 heterocycles. The van der Waals surface area contributed by atoms with E-state index in [-0.39, 0.29) is 17.8 Å². The number of nitrogens with one attached hydrogen (secondary N) is 3. The third-order valence-corrected chi connectivity index (χ3v) is 6.23. The van der Waals surface area contributed by atoms with E-state index >= 15 is 0 Å². The van der Waals surface area contributed by atoms with Crippen LogP contribution in [0, 0.1) is 11.7 Å². The number of hydrogen-bond acceptors (Lipinski definition) is 6. The predicted molar refractivity (Wildman–Crippen MR) is 114 cm³/mol. The van der Waals surface area contributed by atoms with E-state index < -0.39 is 15.8 Å². The average molecular weight is 453 g/mol. The van der Waals surface area contributed by atoms with Gasteiger partial charge in [-0.05, 0) is 24.8 Å². The molecule has 1 saturated carbocycles. The molecule has 30 heavy (non-hydrogen) atoms. The van der Waals surface area contributed by atoms with Crippen LogP contribution in [0.5, 0.6) is 0 Å². The van der Waals surface area contributed by atoms with E-state index in [9.17, 15) is 12.8 Å². The molecule has 3 N–H and O–H groups in total. The molecule has 1 aliphatic rings. The first-order valence-corrected chi connectivity index (χ1v) is 11.9. The Labute approximate surface area is 178 Å². The number of rotatable bonds is 6. The normalized spacial score (nSPS) is 19.8. The average Bonchev–Trinajstić information content (AvgIpc) is 3.10. The van der Waals surface area contributed by atoms with Crippen molar-refractivity contribution in [2.75, 3.05) is 18.1 Å². The minimum absolute atomic E-state index is 0.0439. The van der Waals surface area contributed by atoms with Gasteiger partial charge >= 0.3 is 0 Å². The molecule has 0 aliphatic heterocycles. The van der Waals surface area contributed by atoms with Crippen LogP contribution in [-0.4, -0.2) is 47.2 Å². The summed E-state index contributed by atoms with van der Waals surface area (Å²) in [5, 5.41) is 4.27. The zero-order valence-corrected chi connectivity index (χ0v) is 17.9. The van der Waals surface area contributed by atoms with Gasteiger partial charge in [0, 0.05) is 35.9 Å². The summed E-state index contributed by atoms with van der Waals surface area (Å²) >= 11 is 6.05. The first-order valence-electron chi connectivity index (χ1n) is 9.67. The molecule has 2 atom stereocenters. The molecule has 0 aromatic carbocycles. The van der Waals surface area contributed by atoms with Gasteiger partial charge in [-0.3, -0.25) is 0 Å². The summed E-state index contributed by atoms with van der Waals surface area (Å²) in [6.45, 7) is 0.405. The molecular formula is C19H22ClFN6O2S. The molecule has 0 amide bonds. The fourth-order valence-corrected chi connectivity index (χ4v) is 4.91. The van der Waals surface area contributed by atoms with Crippen LogP contribution in [0.25, 0.3) is 22.4 Å². The van der Waals surface area contributed by atoms with Crippen molar-refractivity contribution in [1.82, 2.24) is 24.7 Å². The fraction of sp³-hybridized carbons (Fsp3) is 0.421. The molecule has 160 valence electrons. The van der Waals surface area contributed by atoms with Crippen molar-refractivity contribution in [2.45, 2.75) is 31.7 Å². The largest absolute Gasteiger partial charge is 0.367 e. The summed E-state index contributed by atoms with van der Waals surface area (Å²) in [5.74, 6) is -0.114. The van der Waals surface area contributed by atoms with Crippen molar-refractivity contribution in [3.05, 3.63) is 35.5 Å². The van der Waals surface area contributed by atoms with Gasteiger partial charge in [0.25, 0.3) is 0 Å². The molecule has 0 unspecified atom stereocenters. The van der Waals surface area contributed by atoms with E-state index in [0.717, 1.165) is 43.5 Å². The van der Waals surface area contributed by atoms with E-state index in [1.807, 2.05) is 0 Å². The molecule has 3 aromatic rings. The second-order valence-electron chi connectivity index (χ2n) is 7.56. The minimum atomic E-state index is -3.31. The Bertz CT molecular complexity index is 1170. The van der Waals surface area contributed by atoms with Crippen LogP contribution >= 0.6 is 11.6 Å². The summed E-state index contributed by atoms with van der Waals surface area (Å²) in [7, 11) is -3.31. The maximum absolute atomic E-state index is 14.4. The molecule has 0 radical (unpaired) electrons. The second kappa shape index (κ2) is 8.44. The van der Waals surface area contributed by atoms with Gasteiger partial charge in [-0.2, -0.15) is 0 Å². The van der Waals surface area contributed by atoms with Gasteiger partial charge in [0.2, 0.25) is 10.0 Å². The number of pyridine rings is 1. The number of sulfonamides is 1. The Balaban J connectivity index is 1.55. The Morgan fingerprint density at radius 2 is 2.07 bits per heavy atom. The van der Waals surface area contributed by atoms with Crippen molar-refractivity contribution >= 4 is 38.5 Å². The number of hydrogen-bond donors (Lipinski definition) is 3. The quantitative estimate of drug-likeness (QED) is 0.528. The number of fused-ring (bicyclic) bond motifs is 1. The minimum Gasteiger partial charge on any atom is -0.367 e. The van der Waals surface area contributed by atoms with Crippen LogP contribution in [0.2, 0.25) is 5.02 Å². The van der Waals surface area contributed by atoms with E-state index in [0.29, 0.717) is 28.6 Å². The predicted octanol–water partition coefficient (Wildman–Crippen LogP) is 3.33. The lowest BCUT2D eigenvalue weighted by Gasteiger charge is -2.31. The lowest BCUT2D eigenvalue weighted by atomic mass is 9.85. The Hall–Kier alpha value is -2.30. The number of aromatic amines is 1. The smallest absolute Gasteiger partial charge is 0.208 e. The van der Waals surface area contributed by atoms with Crippen LogP contribution in [-0.2, 0) is 10.0 Å². The first-order chi connectivity index (χ1) is 14.3. The summed E-state index contributed by atoms with van der Waals surface area (Å²) in [6.07, 6.45) is 9.11. The maximum atomic E-state index is 14.4. The molecular weight excluding hydrogens is 431 g/mol. The van der Waals surface area contributed by atoms with Crippen molar-refractivity contribution in [1.29, 1.82) is 0 Å². The third-order valence-electron chi connectivity index (χ3n) is 5.29. The van der Waals surface area contributed by atoms with Gasteiger partial charge in [0.1, 0.15) is 5.65 Å². The summed E-state index contributed by atoms with van der Waals surface area (Å²) in [6, 6.07) is 1.58. The molecule has 0 saturated heterocycles. The Morgan fingerprint density at radius 1 is 1.27 bits per heavy atom. The molecule has 1 aliphatic carbocycles. The van der Waals surface area contributed by atoms with Crippen LogP contribution < -0.4 is 10.0 Å². The number of halogens is 2. The van der Waals surface area contributed by atoms with Gasteiger partial charge in [-0.1, -0.05) is 24.4 Å². The fourth-order valence-electron chi connectivity index (χ4n) is 3.89. The highest BCUT2D eigenvalue weighted by Gasteiger charge is 2.27. The molecule has 4 rings (SSSR count). The molecule has 3 aromatic heterocycles. The Morgan fingerprint density at radius 3 is 2.87 bits per heavy atom. The van der Waals surface area contributed by atoms with Gasteiger partial charge in [-0.25, -0.2) is 32.5 Å². The monoisotopic (exact) mass is 452 g/mol. The van der Waals surface area contributed by atoms with Crippen molar-refractivity contribution in [3.63, 3.8) is 0 Å². The zero-order valence-electron chi connectivity index (χ0n) is 16.3. The molecule has 8 nitrogen and oxygen atoms in total. The van der Waals surface area contributed by atoms with Crippen LogP contribution in [0.1, 0.15) is 25.7 Å². The first kappa shape index (κ1) is 21.0. The third kappa shape index (κ3) is 4.71. The molecule has 11 heteroatoms. The number of H-pyrrole nitrogens is 1. The van der Waals surface area contributed by atoms with Crippen LogP contribution in [0.3, 0.4) is 0 Å². The van der Waals surface area contributed by atoms with Crippen molar-refractivity contribution < 1.29 is 12.8 Å². The standard InChI is InChI=1S/C19H22ClFN6O2S/c1-30(28,29)27-16-5-3-2-4-11(16)7-22-19-15(21)10-25-18(26-19)14-9-24-17-13(14)6-12(20)8-23-17/h6,8-11,16,27H,2-5,7H2,1H3,(H,23,24)(H,22,25,26)/t11-,16+/m0/s1. The number of anilines is 1. The van der Waals surface area contributed by atoms with E-state index in [4.69, 9.17) is 11.6 Å². The SMILES string of the molecule is CS(=O)(=O)N[C@@H]1CCCC[C@H]1CNc1nc(-c2c[nH]c3ncc(Cl)cc23)ncc1F. The highest BCUT2D eigenvalue weighted by atomic mass is 35.5. The maximum Gasteiger partial charge on any atom is 0.208 e. The van der Waals surface area contributed by atoms with E-state index in [1.165, 1.54) is 6.20 Å². The van der Waals surface area contributed by atoms with Crippen molar-refractivity contribution in [3.8, 4) is 11.4 Å². The highest BCUT2D eigenvalue weighted by Crippen LogP contribution is 2.29. The molecule has 0 bridgehead atoms. The number of aromatic nitrogens is 4. The second-order valence-corrected chi connectivity index (χ2v) is 9.78. The summed E-state index contributed by atoms with van der Waals surface area (Å²) in [5.41, 5.74) is 1.30. The van der Waals surface area contributed by atoms with Gasteiger partial charge in [-0.15, -0.1) is 0 Å². The lowest BCUT2D eigenvalue weighted by molar-refractivity contribution is 0.301. The Kier molecular flexibility index (Phi) is 5.90. The van der Waals surface area contributed by atoms with Gasteiger partial charge < -0.3 is 10.3 Å². The molecule has 1 fully saturated rings. The van der Waals surface area contributed by atoms with E-state index in [2.05, 4.69) is 30.0 Å². The molecule has 0 spiro atoms.